The van der Waals surface area contributed by atoms with Crippen molar-refractivity contribution in [2.24, 2.45) is 0 Å². The summed E-state index contributed by atoms with van der Waals surface area (Å²) in [7, 11) is -2.10. The number of ether oxygens (including phenoxy) is 1. The monoisotopic (exact) mass is 484 g/mol. The first-order valence-corrected chi connectivity index (χ1v) is 13.2. The maximum atomic E-state index is 13.2. The Bertz CT molecular complexity index is 1180. The van der Waals surface area contributed by atoms with Crippen LogP contribution in [0.5, 0.6) is 5.75 Å². The van der Waals surface area contributed by atoms with Crippen molar-refractivity contribution in [3.63, 3.8) is 0 Å². The second kappa shape index (κ2) is 10.8. The highest BCUT2D eigenvalue weighted by molar-refractivity contribution is 7.98. The normalized spacial score (nSPS) is 12.1. The number of thioether (sulfide) groups is 1. The third-order valence-corrected chi connectivity index (χ3v) is 7.98. The van der Waals surface area contributed by atoms with Gasteiger partial charge in [0.05, 0.1) is 23.7 Å². The molecular weight excluding hydrogens is 456 g/mol. The number of rotatable bonds is 9. The third-order valence-electron chi connectivity index (χ3n) is 5.32. The van der Waals surface area contributed by atoms with Gasteiger partial charge in [0, 0.05) is 17.0 Å². The average Bonchev–Trinajstić information content (AvgIpc) is 2.84. The summed E-state index contributed by atoms with van der Waals surface area (Å²) in [5.74, 6) is 0.520. The van der Waals surface area contributed by atoms with Crippen LogP contribution in [0.25, 0.3) is 0 Å². The molecule has 0 heterocycles. The van der Waals surface area contributed by atoms with Gasteiger partial charge in [-0.1, -0.05) is 12.1 Å². The van der Waals surface area contributed by atoms with Crippen molar-refractivity contribution < 1.29 is 17.9 Å². The Hall–Kier alpha value is -2.97. The second-order valence-electron chi connectivity index (χ2n) is 7.36. The molecule has 0 aliphatic carbocycles. The summed E-state index contributed by atoms with van der Waals surface area (Å²) in [6, 6.07) is 20.7. The van der Waals surface area contributed by atoms with E-state index >= 15 is 0 Å². The first-order chi connectivity index (χ1) is 15.8. The van der Waals surface area contributed by atoms with Crippen molar-refractivity contribution in [3.05, 3.63) is 83.9 Å². The summed E-state index contributed by atoms with van der Waals surface area (Å²) in [6.07, 6.45) is 1.94. The molecule has 3 aromatic carbocycles. The zero-order valence-electron chi connectivity index (χ0n) is 19.1. The van der Waals surface area contributed by atoms with Crippen LogP contribution in [-0.4, -0.2) is 34.2 Å². The van der Waals surface area contributed by atoms with E-state index in [9.17, 15) is 13.2 Å². The van der Waals surface area contributed by atoms with E-state index in [4.69, 9.17) is 4.74 Å². The number of methoxy groups -OCH3 is 1. The zero-order chi connectivity index (χ0) is 24.0. The van der Waals surface area contributed by atoms with Gasteiger partial charge in [-0.3, -0.25) is 9.10 Å². The molecule has 33 heavy (non-hydrogen) atoms. The zero-order valence-corrected chi connectivity index (χ0v) is 20.7. The topological polar surface area (TPSA) is 75.7 Å². The van der Waals surface area contributed by atoms with Gasteiger partial charge in [-0.2, -0.15) is 0 Å². The Labute approximate surface area is 200 Å². The van der Waals surface area contributed by atoms with Crippen LogP contribution in [0.15, 0.2) is 82.6 Å². The van der Waals surface area contributed by atoms with Gasteiger partial charge in [0.25, 0.3) is 15.9 Å². The lowest BCUT2D eigenvalue weighted by molar-refractivity contribution is 0.0940. The quantitative estimate of drug-likeness (QED) is 0.427. The Morgan fingerprint density at radius 1 is 1.00 bits per heavy atom. The first-order valence-electron chi connectivity index (χ1n) is 10.5. The molecule has 1 N–H and O–H groups in total. The largest absolute Gasteiger partial charge is 0.497 e. The highest BCUT2D eigenvalue weighted by atomic mass is 32.2. The molecule has 1 amide bonds. The number of carbonyl (C=O) groups excluding carboxylic acids is 1. The number of benzene rings is 3. The Morgan fingerprint density at radius 3 is 2.12 bits per heavy atom. The Kier molecular flexibility index (Phi) is 8.05. The van der Waals surface area contributed by atoms with E-state index in [1.807, 2.05) is 37.4 Å². The van der Waals surface area contributed by atoms with Gasteiger partial charge in [-0.05, 0) is 86.3 Å². The van der Waals surface area contributed by atoms with Crippen molar-refractivity contribution in [2.45, 2.75) is 29.7 Å². The van der Waals surface area contributed by atoms with Gasteiger partial charge >= 0.3 is 0 Å². The minimum Gasteiger partial charge on any atom is -0.497 e. The van der Waals surface area contributed by atoms with Gasteiger partial charge in [-0.15, -0.1) is 11.8 Å². The number of nitrogens with one attached hydrogen (secondary N) is 1. The van der Waals surface area contributed by atoms with E-state index in [1.54, 1.807) is 74.3 Å². The van der Waals surface area contributed by atoms with Crippen molar-refractivity contribution in [2.75, 3.05) is 24.2 Å². The Morgan fingerprint density at radius 2 is 1.61 bits per heavy atom. The maximum absolute atomic E-state index is 13.2. The SMILES string of the molecule is CCN(c1ccc(C(=O)NC(C)c2ccc(OC)cc2)cc1)S(=O)(=O)c1ccc(SC)cc1. The van der Waals surface area contributed by atoms with E-state index in [1.165, 1.54) is 4.31 Å². The van der Waals surface area contributed by atoms with Gasteiger partial charge in [-0.25, -0.2) is 8.42 Å². The number of hydrogen-bond acceptors (Lipinski definition) is 5. The summed E-state index contributed by atoms with van der Waals surface area (Å²) in [5.41, 5.74) is 1.92. The predicted molar refractivity (Wildman–Crippen MR) is 134 cm³/mol. The van der Waals surface area contributed by atoms with Crippen LogP contribution in [0.1, 0.15) is 35.8 Å². The molecule has 1 atom stereocenters. The summed E-state index contributed by atoms with van der Waals surface area (Å²) >= 11 is 1.56. The molecule has 3 rings (SSSR count). The van der Waals surface area contributed by atoms with Crippen LogP contribution < -0.4 is 14.4 Å². The van der Waals surface area contributed by atoms with E-state index in [0.29, 0.717) is 11.3 Å². The fourth-order valence-corrected chi connectivity index (χ4v) is 5.28. The molecule has 6 nitrogen and oxygen atoms in total. The molecule has 0 aromatic heterocycles. The molecule has 0 bridgehead atoms. The number of anilines is 1. The van der Waals surface area contributed by atoms with Crippen LogP contribution in [-0.2, 0) is 10.0 Å². The number of sulfonamides is 1. The summed E-state index contributed by atoms with van der Waals surface area (Å²) in [4.78, 5) is 13.9. The third kappa shape index (κ3) is 5.69. The maximum Gasteiger partial charge on any atom is 0.264 e. The molecule has 1 unspecified atom stereocenters. The van der Waals surface area contributed by atoms with E-state index < -0.39 is 10.0 Å². The van der Waals surface area contributed by atoms with Crippen LogP contribution >= 0.6 is 11.8 Å². The lowest BCUT2D eigenvalue weighted by atomic mass is 10.1. The molecule has 8 heteroatoms. The summed E-state index contributed by atoms with van der Waals surface area (Å²) in [6.45, 7) is 3.96. The highest BCUT2D eigenvalue weighted by Crippen LogP contribution is 2.26. The standard InChI is InChI=1S/C25H28N2O4S2/c1-5-27(33(29,30)24-16-14-23(32-4)15-17-24)21-10-6-20(7-11-21)25(28)26-18(2)19-8-12-22(31-3)13-9-19/h6-18H,5H2,1-4H3,(H,26,28). The highest BCUT2D eigenvalue weighted by Gasteiger charge is 2.24. The summed E-state index contributed by atoms with van der Waals surface area (Å²) < 4.78 is 32.8. The molecule has 0 aliphatic rings. The number of carbonyl (C=O) groups is 1. The van der Waals surface area contributed by atoms with Gasteiger partial charge in [0.2, 0.25) is 0 Å². The number of nitrogens with zero attached hydrogens (tertiary/aromatic N) is 1. The molecule has 3 aromatic rings. The van der Waals surface area contributed by atoms with Gasteiger partial charge in [0.1, 0.15) is 5.75 Å². The minimum absolute atomic E-state index is 0.195. The molecular formula is C25H28N2O4S2. The molecule has 0 saturated carbocycles. The predicted octanol–water partition coefficient (Wildman–Crippen LogP) is 5.12. The van der Waals surface area contributed by atoms with E-state index in [0.717, 1.165) is 16.2 Å². The fraction of sp³-hybridized carbons (Fsp3) is 0.240. The van der Waals surface area contributed by atoms with Crippen molar-refractivity contribution in [1.82, 2.24) is 5.32 Å². The van der Waals surface area contributed by atoms with E-state index in [-0.39, 0.29) is 23.4 Å². The smallest absolute Gasteiger partial charge is 0.264 e. The van der Waals surface area contributed by atoms with Crippen LogP contribution in [0.3, 0.4) is 0 Å². The second-order valence-corrected chi connectivity index (χ2v) is 10.1. The molecule has 0 radical (unpaired) electrons. The molecule has 174 valence electrons. The minimum atomic E-state index is -3.71. The van der Waals surface area contributed by atoms with Crippen LogP contribution in [0, 0.1) is 0 Å². The molecule has 0 fully saturated rings. The summed E-state index contributed by atoms with van der Waals surface area (Å²) in [5, 5.41) is 2.97. The van der Waals surface area contributed by atoms with Gasteiger partial charge in [0.15, 0.2) is 0 Å². The fourth-order valence-electron chi connectivity index (χ4n) is 3.40. The number of amides is 1. The van der Waals surface area contributed by atoms with Crippen molar-refractivity contribution in [3.8, 4) is 5.75 Å². The lowest BCUT2D eigenvalue weighted by Crippen LogP contribution is -2.31. The Balaban J connectivity index is 1.74. The molecule has 0 aliphatic heterocycles. The van der Waals surface area contributed by atoms with Crippen LogP contribution in [0.4, 0.5) is 5.69 Å². The van der Waals surface area contributed by atoms with Crippen molar-refractivity contribution in [1.29, 1.82) is 0 Å². The first kappa shape index (κ1) is 24.7. The average molecular weight is 485 g/mol. The molecule has 0 spiro atoms. The van der Waals surface area contributed by atoms with Crippen molar-refractivity contribution >= 4 is 33.4 Å². The molecule has 0 saturated heterocycles. The van der Waals surface area contributed by atoms with Crippen LogP contribution in [0.2, 0.25) is 0 Å². The number of hydrogen-bond donors (Lipinski definition) is 1. The van der Waals surface area contributed by atoms with Gasteiger partial charge < -0.3 is 10.1 Å². The lowest BCUT2D eigenvalue weighted by Gasteiger charge is -2.23. The van der Waals surface area contributed by atoms with E-state index in [2.05, 4.69) is 5.32 Å².